The summed E-state index contributed by atoms with van der Waals surface area (Å²) in [7, 11) is 1.91. The lowest BCUT2D eigenvalue weighted by molar-refractivity contribution is -0.135. The van der Waals surface area contributed by atoms with Gasteiger partial charge in [0.1, 0.15) is 11.7 Å². The number of carbonyl (C=O) groups is 2. The van der Waals surface area contributed by atoms with Crippen molar-refractivity contribution in [1.29, 1.82) is 0 Å². The summed E-state index contributed by atoms with van der Waals surface area (Å²) in [6, 6.07) is 5.62. The number of nitrogens with one attached hydrogen (secondary N) is 2. The molecule has 1 atom stereocenters. The number of nitrogens with zero attached hydrogens (tertiary/aromatic N) is 4. The fourth-order valence-electron chi connectivity index (χ4n) is 3.94. The number of hydrogen-bond donors (Lipinski definition) is 2. The molecule has 0 aromatic carbocycles. The van der Waals surface area contributed by atoms with E-state index in [2.05, 4.69) is 33.0 Å². The van der Waals surface area contributed by atoms with Crippen LogP contribution in [0, 0.1) is 0 Å². The summed E-state index contributed by atoms with van der Waals surface area (Å²) in [5.41, 5.74) is 3.88. The number of aromatic nitrogens is 4. The van der Waals surface area contributed by atoms with Crippen LogP contribution in [0.15, 0.2) is 43.2 Å². The molecule has 8 nitrogen and oxygen atoms in total. The van der Waals surface area contributed by atoms with E-state index >= 15 is 0 Å². The average molecular weight is 392 g/mol. The Morgan fingerprint density at radius 2 is 2.24 bits per heavy atom. The van der Waals surface area contributed by atoms with E-state index in [9.17, 15) is 9.59 Å². The van der Waals surface area contributed by atoms with Gasteiger partial charge in [0.2, 0.25) is 11.8 Å². The molecule has 1 saturated heterocycles. The van der Waals surface area contributed by atoms with Crippen LogP contribution in [-0.4, -0.2) is 55.6 Å². The molecule has 3 aromatic rings. The van der Waals surface area contributed by atoms with Crippen LogP contribution >= 0.6 is 0 Å². The quantitative estimate of drug-likeness (QED) is 0.625. The molecule has 8 heteroatoms. The number of likely N-dealkylation sites (tertiary alicyclic amines) is 1. The molecule has 0 aliphatic carbocycles. The number of carbonyl (C=O) groups excluding carboxylic acids is 2. The Kier molecular flexibility index (Phi) is 5.16. The van der Waals surface area contributed by atoms with Gasteiger partial charge in [0.05, 0.1) is 5.69 Å². The molecule has 0 saturated carbocycles. The zero-order valence-corrected chi connectivity index (χ0v) is 16.4. The Balaban J connectivity index is 1.43. The zero-order valence-electron chi connectivity index (χ0n) is 16.4. The van der Waals surface area contributed by atoms with Gasteiger partial charge < -0.3 is 15.2 Å². The van der Waals surface area contributed by atoms with Gasteiger partial charge in [-0.1, -0.05) is 6.58 Å². The van der Waals surface area contributed by atoms with E-state index in [0.29, 0.717) is 25.9 Å². The predicted molar refractivity (Wildman–Crippen MR) is 110 cm³/mol. The summed E-state index contributed by atoms with van der Waals surface area (Å²) < 4.78 is 1.83. The Morgan fingerprint density at radius 1 is 1.38 bits per heavy atom. The van der Waals surface area contributed by atoms with Crippen LogP contribution in [0.1, 0.15) is 18.5 Å². The molecule has 29 heavy (non-hydrogen) atoms. The molecular formula is C21H24N6O2. The van der Waals surface area contributed by atoms with Crippen molar-refractivity contribution < 1.29 is 9.59 Å². The molecule has 0 unspecified atom stereocenters. The number of pyridine rings is 1. The van der Waals surface area contributed by atoms with Gasteiger partial charge in [-0.05, 0) is 37.1 Å². The molecule has 4 rings (SSSR count). The minimum absolute atomic E-state index is 0.109. The molecule has 1 aliphatic rings. The number of aromatic amines is 1. The van der Waals surface area contributed by atoms with E-state index in [0.717, 1.165) is 34.4 Å². The van der Waals surface area contributed by atoms with Gasteiger partial charge in [0.25, 0.3) is 0 Å². The van der Waals surface area contributed by atoms with Crippen molar-refractivity contribution in [2.24, 2.45) is 7.05 Å². The minimum atomic E-state index is -0.402. The summed E-state index contributed by atoms with van der Waals surface area (Å²) >= 11 is 0. The van der Waals surface area contributed by atoms with E-state index in [1.807, 2.05) is 23.9 Å². The molecule has 1 fully saturated rings. The first-order valence-electron chi connectivity index (χ1n) is 9.74. The average Bonchev–Trinajstić information content (AvgIpc) is 3.45. The number of aryl methyl sites for hydroxylation is 1. The normalized spacial score (nSPS) is 16.3. The fraction of sp³-hybridized carbons (Fsp3) is 0.333. The first-order chi connectivity index (χ1) is 14.1. The topological polar surface area (TPSA) is 95.9 Å². The highest BCUT2D eigenvalue weighted by atomic mass is 16.2. The second-order valence-electron chi connectivity index (χ2n) is 7.19. The first-order valence-corrected chi connectivity index (χ1v) is 9.74. The summed E-state index contributed by atoms with van der Waals surface area (Å²) in [4.78, 5) is 33.7. The molecule has 3 aromatic heterocycles. The lowest BCUT2D eigenvalue weighted by Crippen LogP contribution is -2.45. The van der Waals surface area contributed by atoms with Crippen LogP contribution in [0.5, 0.6) is 0 Å². The Bertz CT molecular complexity index is 1070. The number of H-pyrrole nitrogens is 1. The molecular weight excluding hydrogens is 368 g/mol. The minimum Gasteiger partial charge on any atom is -0.354 e. The lowest BCUT2D eigenvalue weighted by Gasteiger charge is -2.22. The summed E-state index contributed by atoms with van der Waals surface area (Å²) in [6.07, 6.45) is 6.99. The Morgan fingerprint density at radius 3 is 3.00 bits per heavy atom. The van der Waals surface area contributed by atoms with Gasteiger partial charge in [0.15, 0.2) is 0 Å². The molecule has 0 bridgehead atoms. The van der Waals surface area contributed by atoms with Gasteiger partial charge in [0, 0.05) is 55.6 Å². The van der Waals surface area contributed by atoms with E-state index < -0.39 is 6.04 Å². The maximum absolute atomic E-state index is 12.5. The Labute approximate surface area is 168 Å². The zero-order chi connectivity index (χ0) is 20.4. The third-order valence-electron chi connectivity index (χ3n) is 5.39. The third-order valence-corrected chi connectivity index (χ3v) is 5.39. The van der Waals surface area contributed by atoms with E-state index in [1.54, 1.807) is 17.3 Å². The van der Waals surface area contributed by atoms with Crippen LogP contribution < -0.4 is 5.32 Å². The summed E-state index contributed by atoms with van der Waals surface area (Å²) in [6.45, 7) is 4.60. The van der Waals surface area contributed by atoms with Crippen molar-refractivity contribution >= 4 is 22.8 Å². The summed E-state index contributed by atoms with van der Waals surface area (Å²) in [5.74, 6) is -0.297. The van der Waals surface area contributed by atoms with Crippen LogP contribution in [0.3, 0.4) is 0 Å². The Hall–Kier alpha value is -3.42. The molecule has 0 spiro atoms. The molecule has 4 heterocycles. The van der Waals surface area contributed by atoms with Crippen molar-refractivity contribution in [1.82, 2.24) is 30.0 Å². The highest BCUT2D eigenvalue weighted by Crippen LogP contribution is 2.27. The maximum Gasteiger partial charge on any atom is 0.246 e. The fourth-order valence-corrected chi connectivity index (χ4v) is 3.94. The van der Waals surface area contributed by atoms with Crippen LogP contribution in [0.2, 0.25) is 0 Å². The van der Waals surface area contributed by atoms with Gasteiger partial charge >= 0.3 is 0 Å². The van der Waals surface area contributed by atoms with Crippen molar-refractivity contribution in [3.8, 4) is 11.3 Å². The lowest BCUT2D eigenvalue weighted by atomic mass is 10.1. The second-order valence-corrected chi connectivity index (χ2v) is 7.19. The van der Waals surface area contributed by atoms with Crippen molar-refractivity contribution in [3.05, 3.63) is 48.9 Å². The van der Waals surface area contributed by atoms with E-state index in [-0.39, 0.29) is 11.8 Å². The third kappa shape index (κ3) is 3.65. The number of hydrogen-bond acceptors (Lipinski definition) is 4. The second kappa shape index (κ2) is 7.90. The van der Waals surface area contributed by atoms with Gasteiger partial charge in [-0.3, -0.25) is 14.3 Å². The smallest absolute Gasteiger partial charge is 0.246 e. The van der Waals surface area contributed by atoms with Gasteiger partial charge in [-0.15, -0.1) is 0 Å². The van der Waals surface area contributed by atoms with Gasteiger partial charge in [-0.25, -0.2) is 4.98 Å². The number of amides is 2. The first kappa shape index (κ1) is 18.9. The predicted octanol–water partition coefficient (Wildman–Crippen LogP) is 1.80. The number of rotatable bonds is 6. The maximum atomic E-state index is 12.5. The van der Waals surface area contributed by atoms with Crippen LogP contribution in [-0.2, 0) is 23.1 Å². The van der Waals surface area contributed by atoms with E-state index in [1.165, 1.54) is 6.08 Å². The molecule has 2 amide bonds. The van der Waals surface area contributed by atoms with Crippen molar-refractivity contribution in [2.45, 2.75) is 25.3 Å². The van der Waals surface area contributed by atoms with Crippen molar-refractivity contribution in [2.75, 3.05) is 13.1 Å². The largest absolute Gasteiger partial charge is 0.354 e. The molecule has 1 aliphatic heterocycles. The standard InChI is InChI=1S/C21H24N6O2/c1-3-19(28)27-12-4-5-18(27)21(29)23-9-6-14-13-16-15(7-10-22-20(16)25-14)17-8-11-24-26(17)2/h3,7-8,10-11,13,18H,1,4-6,9,12H2,2H3,(H,22,25)(H,23,29)/t18-/m1/s1. The molecule has 2 N–H and O–H groups in total. The van der Waals surface area contributed by atoms with Crippen molar-refractivity contribution in [3.63, 3.8) is 0 Å². The van der Waals surface area contributed by atoms with E-state index in [4.69, 9.17) is 0 Å². The van der Waals surface area contributed by atoms with Crippen LogP contribution in [0.4, 0.5) is 0 Å². The van der Waals surface area contributed by atoms with Gasteiger partial charge in [-0.2, -0.15) is 5.10 Å². The highest BCUT2D eigenvalue weighted by Gasteiger charge is 2.32. The SMILES string of the molecule is C=CC(=O)N1CCC[C@@H]1C(=O)NCCc1cc2c(-c3ccnn3C)ccnc2[nH]1. The molecule has 0 radical (unpaired) electrons. The monoisotopic (exact) mass is 392 g/mol. The molecule has 150 valence electrons. The number of fused-ring (bicyclic) bond motifs is 1. The highest BCUT2D eigenvalue weighted by molar-refractivity contribution is 5.93. The summed E-state index contributed by atoms with van der Waals surface area (Å²) in [5, 5.41) is 8.22. The van der Waals surface area contributed by atoms with Crippen LogP contribution in [0.25, 0.3) is 22.3 Å².